The van der Waals surface area contributed by atoms with Gasteiger partial charge in [0, 0.05) is 17.7 Å². The van der Waals surface area contributed by atoms with Crippen molar-refractivity contribution in [2.45, 2.75) is 20.0 Å². The first-order valence-corrected chi connectivity index (χ1v) is 5.26. The number of benzene rings is 1. The molecule has 0 radical (unpaired) electrons. The molecule has 0 aliphatic heterocycles. The van der Waals surface area contributed by atoms with E-state index >= 15 is 0 Å². The number of hydrogen-bond donors (Lipinski definition) is 1. The van der Waals surface area contributed by atoms with Crippen molar-refractivity contribution in [3.8, 4) is 11.5 Å². The van der Waals surface area contributed by atoms with Gasteiger partial charge in [-0.1, -0.05) is 5.16 Å². The number of nitro groups is 1. The number of hydrogen-bond acceptors (Lipinski definition) is 6. The topological polar surface area (TPSA) is 102 Å². The fourth-order valence-electron chi connectivity index (χ4n) is 1.52. The first kappa shape index (κ1) is 12.2. The summed E-state index contributed by atoms with van der Waals surface area (Å²) in [4.78, 5) is 14.2. The average molecular weight is 249 g/mol. The van der Waals surface area contributed by atoms with Crippen molar-refractivity contribution in [1.82, 2.24) is 10.1 Å². The predicted octanol–water partition coefficient (Wildman–Crippen LogP) is 2.01. The maximum Gasteiger partial charge on any atom is 0.269 e. The van der Waals surface area contributed by atoms with E-state index < -0.39 is 11.0 Å². The Balaban J connectivity index is 2.41. The van der Waals surface area contributed by atoms with Crippen LogP contribution in [0.25, 0.3) is 11.5 Å². The van der Waals surface area contributed by atoms with Crippen LogP contribution in [0.5, 0.6) is 0 Å². The van der Waals surface area contributed by atoms with Crippen molar-refractivity contribution in [2.24, 2.45) is 0 Å². The average Bonchev–Trinajstić information content (AvgIpc) is 2.78. The standard InChI is InChI=1S/C11H11N3O4/c1-6-5-8(14(16)17)3-4-9(6)11-12-10(7(2)15)13-18-11/h3-5,7,15H,1-2H3. The second-order valence-electron chi connectivity index (χ2n) is 3.89. The lowest BCUT2D eigenvalue weighted by molar-refractivity contribution is -0.384. The van der Waals surface area contributed by atoms with E-state index in [1.807, 2.05) is 0 Å². The second kappa shape index (κ2) is 4.53. The van der Waals surface area contributed by atoms with Crippen LogP contribution in [0.3, 0.4) is 0 Å². The molecule has 1 N–H and O–H groups in total. The molecule has 0 saturated carbocycles. The number of nitro benzene ring substituents is 1. The molecule has 1 aromatic carbocycles. The zero-order chi connectivity index (χ0) is 13.3. The van der Waals surface area contributed by atoms with Crippen LogP contribution in [0.2, 0.25) is 0 Å². The Morgan fingerprint density at radius 2 is 2.22 bits per heavy atom. The van der Waals surface area contributed by atoms with E-state index in [1.165, 1.54) is 19.1 Å². The summed E-state index contributed by atoms with van der Waals surface area (Å²) in [5.74, 6) is 0.418. The Morgan fingerprint density at radius 3 is 2.72 bits per heavy atom. The summed E-state index contributed by atoms with van der Waals surface area (Å²) in [6.07, 6.45) is -0.819. The maximum atomic E-state index is 10.6. The molecule has 0 saturated heterocycles. The Kier molecular flexibility index (Phi) is 3.07. The number of aromatic nitrogens is 2. The van der Waals surface area contributed by atoms with E-state index in [9.17, 15) is 15.2 Å². The van der Waals surface area contributed by atoms with Crippen LogP contribution < -0.4 is 0 Å². The lowest BCUT2D eigenvalue weighted by atomic mass is 10.1. The van der Waals surface area contributed by atoms with Gasteiger partial charge in [-0.15, -0.1) is 0 Å². The number of rotatable bonds is 3. The van der Waals surface area contributed by atoms with E-state index in [-0.39, 0.29) is 17.4 Å². The van der Waals surface area contributed by atoms with E-state index in [0.29, 0.717) is 11.1 Å². The van der Waals surface area contributed by atoms with Crippen LogP contribution in [0.1, 0.15) is 24.4 Å². The van der Waals surface area contributed by atoms with Gasteiger partial charge < -0.3 is 9.63 Å². The first-order chi connectivity index (χ1) is 8.49. The highest BCUT2D eigenvalue weighted by Gasteiger charge is 2.16. The Bertz CT molecular complexity index is 592. The molecule has 0 amide bonds. The number of aliphatic hydroxyl groups is 1. The minimum atomic E-state index is -0.819. The van der Waals surface area contributed by atoms with Gasteiger partial charge in [-0.3, -0.25) is 10.1 Å². The van der Waals surface area contributed by atoms with Gasteiger partial charge in [-0.25, -0.2) is 0 Å². The van der Waals surface area contributed by atoms with Gasteiger partial charge in [0.15, 0.2) is 5.82 Å². The first-order valence-electron chi connectivity index (χ1n) is 5.26. The zero-order valence-electron chi connectivity index (χ0n) is 9.82. The summed E-state index contributed by atoms with van der Waals surface area (Å²) >= 11 is 0. The summed E-state index contributed by atoms with van der Waals surface area (Å²) in [7, 11) is 0. The Morgan fingerprint density at radius 1 is 1.50 bits per heavy atom. The minimum Gasteiger partial charge on any atom is -0.385 e. The van der Waals surface area contributed by atoms with Crippen molar-refractivity contribution in [1.29, 1.82) is 0 Å². The molecular weight excluding hydrogens is 238 g/mol. The van der Waals surface area contributed by atoms with Crippen LogP contribution in [-0.2, 0) is 0 Å². The second-order valence-corrected chi connectivity index (χ2v) is 3.89. The molecule has 0 bridgehead atoms. The molecule has 0 spiro atoms. The summed E-state index contributed by atoms with van der Waals surface area (Å²) in [6, 6.07) is 4.35. The zero-order valence-corrected chi connectivity index (χ0v) is 9.82. The van der Waals surface area contributed by atoms with Crippen LogP contribution in [0.4, 0.5) is 5.69 Å². The van der Waals surface area contributed by atoms with Gasteiger partial charge >= 0.3 is 0 Å². The summed E-state index contributed by atoms with van der Waals surface area (Å²) in [5.41, 5.74) is 1.27. The predicted molar refractivity (Wildman–Crippen MR) is 61.8 cm³/mol. The third kappa shape index (κ3) is 2.21. The van der Waals surface area contributed by atoms with Gasteiger partial charge in [0.2, 0.25) is 0 Å². The largest absolute Gasteiger partial charge is 0.385 e. The molecule has 1 unspecified atom stereocenters. The third-order valence-electron chi connectivity index (χ3n) is 2.47. The van der Waals surface area contributed by atoms with Crippen LogP contribution in [-0.4, -0.2) is 20.2 Å². The highest BCUT2D eigenvalue weighted by Crippen LogP contribution is 2.26. The van der Waals surface area contributed by atoms with Gasteiger partial charge in [-0.2, -0.15) is 4.98 Å². The van der Waals surface area contributed by atoms with Crippen molar-refractivity contribution in [3.63, 3.8) is 0 Å². The number of aliphatic hydroxyl groups excluding tert-OH is 1. The number of nitrogens with zero attached hydrogens (tertiary/aromatic N) is 3. The van der Waals surface area contributed by atoms with Crippen molar-refractivity contribution >= 4 is 5.69 Å². The molecule has 94 valence electrons. The monoisotopic (exact) mass is 249 g/mol. The lowest BCUT2D eigenvalue weighted by Gasteiger charge is -2.00. The SMILES string of the molecule is Cc1cc([N+](=O)[O-])ccc1-c1nc(C(C)O)no1. The van der Waals surface area contributed by atoms with Crippen molar-refractivity contribution in [3.05, 3.63) is 39.7 Å². The fourth-order valence-corrected chi connectivity index (χ4v) is 1.52. The van der Waals surface area contributed by atoms with Crippen LogP contribution in [0, 0.1) is 17.0 Å². The molecule has 1 aromatic heterocycles. The van der Waals surface area contributed by atoms with E-state index in [1.54, 1.807) is 13.0 Å². The van der Waals surface area contributed by atoms with Crippen molar-refractivity contribution in [2.75, 3.05) is 0 Å². The lowest BCUT2D eigenvalue weighted by Crippen LogP contribution is -1.94. The minimum absolute atomic E-state index is 0.00603. The molecule has 1 heterocycles. The molecule has 7 nitrogen and oxygen atoms in total. The normalized spacial score (nSPS) is 12.4. The van der Waals surface area contributed by atoms with Gasteiger partial charge in [0.25, 0.3) is 11.6 Å². The summed E-state index contributed by atoms with van der Waals surface area (Å²) < 4.78 is 5.00. The number of non-ortho nitro benzene ring substituents is 1. The summed E-state index contributed by atoms with van der Waals surface area (Å²) in [5, 5.41) is 23.5. The molecule has 2 aromatic rings. The van der Waals surface area contributed by atoms with Gasteiger partial charge in [0.1, 0.15) is 6.10 Å². The maximum absolute atomic E-state index is 10.6. The van der Waals surface area contributed by atoms with E-state index in [4.69, 9.17) is 4.52 Å². The quantitative estimate of drug-likeness (QED) is 0.659. The molecular formula is C11H11N3O4. The van der Waals surface area contributed by atoms with Crippen molar-refractivity contribution < 1.29 is 14.6 Å². The van der Waals surface area contributed by atoms with Gasteiger partial charge in [0.05, 0.1) is 4.92 Å². The molecule has 0 fully saturated rings. The van der Waals surface area contributed by atoms with Crippen LogP contribution >= 0.6 is 0 Å². The summed E-state index contributed by atoms with van der Waals surface area (Å²) in [6.45, 7) is 3.24. The molecule has 0 aliphatic rings. The highest BCUT2D eigenvalue weighted by molar-refractivity contribution is 5.61. The van der Waals surface area contributed by atoms with Crippen LogP contribution in [0.15, 0.2) is 22.7 Å². The van der Waals surface area contributed by atoms with Gasteiger partial charge in [-0.05, 0) is 25.5 Å². The fraction of sp³-hybridized carbons (Fsp3) is 0.273. The smallest absolute Gasteiger partial charge is 0.269 e. The third-order valence-corrected chi connectivity index (χ3v) is 2.47. The molecule has 0 aliphatic carbocycles. The Labute approximate surface area is 102 Å². The molecule has 7 heteroatoms. The number of aryl methyl sites for hydroxylation is 1. The Hall–Kier alpha value is -2.28. The van der Waals surface area contributed by atoms with E-state index in [0.717, 1.165) is 0 Å². The molecule has 2 rings (SSSR count). The van der Waals surface area contributed by atoms with E-state index in [2.05, 4.69) is 10.1 Å². The molecule has 18 heavy (non-hydrogen) atoms. The molecule has 1 atom stereocenters. The highest BCUT2D eigenvalue weighted by atomic mass is 16.6.